The highest BCUT2D eigenvalue weighted by Crippen LogP contribution is 2.26. The number of nitrogens with zero attached hydrogens (tertiary/aromatic N) is 1. The van der Waals surface area contributed by atoms with Gasteiger partial charge in [0.05, 0.1) is 17.9 Å². The molecule has 1 aliphatic heterocycles. The van der Waals surface area contributed by atoms with Crippen LogP contribution in [-0.4, -0.2) is 47.1 Å². The lowest BCUT2D eigenvalue weighted by molar-refractivity contribution is -0.149. The van der Waals surface area contributed by atoms with Crippen LogP contribution in [0.1, 0.15) is 65.4 Å². The van der Waals surface area contributed by atoms with E-state index in [1.165, 1.54) is 5.01 Å². The molecule has 9 heteroatoms. The molecule has 0 saturated carbocycles. The SMILES string of the molecule is CC(C)C[C@@H](C(=O)NN(CC(C)C)C(=O)[C@H]1CCCCN1)[C@H](C/C=C/c1ccccc1)C(=O)NO.Cl. The zero-order valence-electron chi connectivity index (χ0n) is 21.9. The van der Waals surface area contributed by atoms with Crippen LogP contribution in [0.5, 0.6) is 0 Å². The van der Waals surface area contributed by atoms with Gasteiger partial charge in [-0.05, 0) is 49.6 Å². The predicted molar refractivity (Wildman–Crippen MR) is 144 cm³/mol. The molecule has 3 atom stereocenters. The fraction of sp³-hybridized carbons (Fsp3) is 0.593. The summed E-state index contributed by atoms with van der Waals surface area (Å²) >= 11 is 0. The number of allylic oxidation sites excluding steroid dienone is 1. The number of nitrogens with one attached hydrogen (secondary N) is 3. The zero-order chi connectivity index (χ0) is 25.8. The molecular weight excluding hydrogens is 480 g/mol. The van der Waals surface area contributed by atoms with Crippen LogP contribution in [0.3, 0.4) is 0 Å². The first-order chi connectivity index (χ1) is 16.7. The number of hydrazine groups is 1. The maximum atomic E-state index is 13.5. The zero-order valence-corrected chi connectivity index (χ0v) is 22.7. The Bertz CT molecular complexity index is 841. The highest BCUT2D eigenvalue weighted by Gasteiger charge is 2.36. The number of carbonyl (C=O) groups excluding carboxylic acids is 3. The van der Waals surface area contributed by atoms with Crippen molar-refractivity contribution in [2.75, 3.05) is 13.1 Å². The van der Waals surface area contributed by atoms with E-state index in [9.17, 15) is 19.6 Å². The Morgan fingerprint density at radius 2 is 1.75 bits per heavy atom. The van der Waals surface area contributed by atoms with Gasteiger partial charge < -0.3 is 5.32 Å². The number of hydroxylamine groups is 1. The molecule has 8 nitrogen and oxygen atoms in total. The fourth-order valence-corrected chi connectivity index (χ4v) is 4.44. The van der Waals surface area contributed by atoms with Gasteiger partial charge in [-0.15, -0.1) is 12.4 Å². The lowest BCUT2D eigenvalue weighted by Crippen LogP contribution is -2.57. The second-order valence-corrected chi connectivity index (χ2v) is 10.2. The maximum Gasteiger partial charge on any atom is 0.258 e. The van der Waals surface area contributed by atoms with Crippen LogP contribution >= 0.6 is 12.4 Å². The van der Waals surface area contributed by atoms with Crippen LogP contribution in [-0.2, 0) is 14.4 Å². The molecule has 0 aliphatic carbocycles. The second-order valence-electron chi connectivity index (χ2n) is 10.2. The third-order valence-corrected chi connectivity index (χ3v) is 6.16. The minimum atomic E-state index is -0.786. The Hall–Kier alpha value is -2.42. The molecule has 0 unspecified atom stereocenters. The monoisotopic (exact) mass is 522 g/mol. The average molecular weight is 523 g/mol. The quantitative estimate of drug-likeness (QED) is 0.260. The molecule has 0 aromatic heterocycles. The van der Waals surface area contributed by atoms with E-state index in [1.807, 2.05) is 70.2 Å². The van der Waals surface area contributed by atoms with Gasteiger partial charge in [0.15, 0.2) is 0 Å². The highest BCUT2D eigenvalue weighted by molar-refractivity contribution is 5.90. The van der Waals surface area contributed by atoms with Crippen LogP contribution in [0.2, 0.25) is 0 Å². The van der Waals surface area contributed by atoms with Gasteiger partial charge in [-0.2, -0.15) is 0 Å². The van der Waals surface area contributed by atoms with Gasteiger partial charge in [0.1, 0.15) is 0 Å². The topological polar surface area (TPSA) is 111 Å². The molecule has 1 fully saturated rings. The van der Waals surface area contributed by atoms with Crippen molar-refractivity contribution in [2.45, 2.75) is 65.8 Å². The average Bonchev–Trinajstić information content (AvgIpc) is 2.85. The van der Waals surface area contributed by atoms with Gasteiger partial charge in [-0.3, -0.25) is 30.0 Å². The van der Waals surface area contributed by atoms with Gasteiger partial charge in [-0.1, -0.05) is 76.6 Å². The van der Waals surface area contributed by atoms with Crippen LogP contribution < -0.4 is 16.2 Å². The predicted octanol–water partition coefficient (Wildman–Crippen LogP) is 3.95. The molecular formula is C27H43ClN4O4. The van der Waals surface area contributed by atoms with Crippen molar-refractivity contribution in [1.29, 1.82) is 0 Å². The summed E-state index contributed by atoms with van der Waals surface area (Å²) in [6.07, 6.45) is 7.19. The Balaban J connectivity index is 0.00000648. The van der Waals surface area contributed by atoms with Crippen LogP contribution in [0.4, 0.5) is 0 Å². The molecule has 1 aromatic carbocycles. The fourth-order valence-electron chi connectivity index (χ4n) is 4.44. The maximum absolute atomic E-state index is 13.5. The van der Waals surface area contributed by atoms with Gasteiger partial charge in [0, 0.05) is 6.54 Å². The third-order valence-electron chi connectivity index (χ3n) is 6.16. The molecule has 1 aromatic rings. The Labute approximate surface area is 221 Å². The van der Waals surface area contributed by atoms with E-state index in [0.717, 1.165) is 31.4 Å². The summed E-state index contributed by atoms with van der Waals surface area (Å²) in [6, 6.07) is 9.35. The number of hydrogen-bond acceptors (Lipinski definition) is 5. The largest absolute Gasteiger partial charge is 0.306 e. The summed E-state index contributed by atoms with van der Waals surface area (Å²) in [5, 5.41) is 14.1. The van der Waals surface area contributed by atoms with Gasteiger partial charge in [-0.25, -0.2) is 5.48 Å². The number of halogens is 1. The van der Waals surface area contributed by atoms with E-state index in [-0.39, 0.29) is 48.5 Å². The molecule has 1 aliphatic rings. The summed E-state index contributed by atoms with van der Waals surface area (Å²) in [6.45, 7) is 9.10. The van der Waals surface area contributed by atoms with E-state index in [0.29, 0.717) is 13.0 Å². The van der Waals surface area contributed by atoms with E-state index in [2.05, 4.69) is 10.7 Å². The Morgan fingerprint density at radius 3 is 2.31 bits per heavy atom. The van der Waals surface area contributed by atoms with Gasteiger partial charge in [0.25, 0.3) is 5.91 Å². The molecule has 0 spiro atoms. The van der Waals surface area contributed by atoms with Crippen LogP contribution in [0, 0.1) is 23.7 Å². The van der Waals surface area contributed by atoms with E-state index >= 15 is 0 Å². The van der Waals surface area contributed by atoms with Crippen molar-refractivity contribution >= 4 is 36.2 Å². The molecule has 0 radical (unpaired) electrons. The molecule has 1 heterocycles. The number of carbonyl (C=O) groups is 3. The minimum absolute atomic E-state index is 0. The number of benzene rings is 1. The molecule has 1 saturated heterocycles. The number of piperidine rings is 1. The molecule has 4 N–H and O–H groups in total. The highest BCUT2D eigenvalue weighted by atomic mass is 35.5. The first-order valence-corrected chi connectivity index (χ1v) is 12.7. The summed E-state index contributed by atoms with van der Waals surface area (Å²) < 4.78 is 0. The van der Waals surface area contributed by atoms with Crippen molar-refractivity contribution in [1.82, 2.24) is 21.2 Å². The van der Waals surface area contributed by atoms with Crippen LogP contribution in [0.25, 0.3) is 6.08 Å². The smallest absolute Gasteiger partial charge is 0.258 e. The lowest BCUT2D eigenvalue weighted by Gasteiger charge is -2.33. The number of hydrogen-bond donors (Lipinski definition) is 4. The molecule has 3 amide bonds. The van der Waals surface area contributed by atoms with Crippen molar-refractivity contribution in [3.05, 3.63) is 42.0 Å². The Morgan fingerprint density at radius 1 is 1.06 bits per heavy atom. The standard InChI is InChI=1S/C27H42N4O4.ClH/c1-19(2)17-23(22(26(33)30-35)14-10-13-21-11-6-5-7-12-21)25(32)29-31(18-20(3)4)27(34)24-15-8-9-16-28-24;/h5-7,10-13,19-20,22-24,28,35H,8-9,14-18H2,1-4H3,(H,29,32)(H,30,33);1H/b13-10+;/t22-,23+,24+;/m0./s1. The first kappa shape index (κ1) is 31.6. The third kappa shape index (κ3) is 10.3. The summed E-state index contributed by atoms with van der Waals surface area (Å²) in [4.78, 5) is 39.4. The van der Waals surface area contributed by atoms with Crippen LogP contribution in [0.15, 0.2) is 36.4 Å². The summed E-state index contributed by atoms with van der Waals surface area (Å²) in [5.41, 5.74) is 5.56. The lowest BCUT2D eigenvalue weighted by atomic mass is 9.82. The number of rotatable bonds is 11. The van der Waals surface area contributed by atoms with Gasteiger partial charge >= 0.3 is 0 Å². The summed E-state index contributed by atoms with van der Waals surface area (Å²) in [5.74, 6) is -2.37. The minimum Gasteiger partial charge on any atom is -0.306 e. The van der Waals surface area contributed by atoms with Gasteiger partial charge in [0.2, 0.25) is 11.8 Å². The molecule has 202 valence electrons. The first-order valence-electron chi connectivity index (χ1n) is 12.7. The van der Waals surface area contributed by atoms with Crippen molar-refractivity contribution in [2.24, 2.45) is 23.7 Å². The van der Waals surface area contributed by atoms with E-state index < -0.39 is 17.7 Å². The Kier molecular flexibility index (Phi) is 14.4. The van der Waals surface area contributed by atoms with E-state index in [1.54, 1.807) is 5.48 Å². The van der Waals surface area contributed by atoms with E-state index in [4.69, 9.17) is 0 Å². The van der Waals surface area contributed by atoms with Crippen molar-refractivity contribution < 1.29 is 19.6 Å². The normalized spacial score (nSPS) is 17.4. The summed E-state index contributed by atoms with van der Waals surface area (Å²) in [7, 11) is 0. The van der Waals surface area contributed by atoms with Crippen molar-refractivity contribution in [3.63, 3.8) is 0 Å². The molecule has 0 bridgehead atoms. The second kappa shape index (κ2) is 16.3. The number of amides is 3. The molecule has 2 rings (SSSR count). The molecule has 36 heavy (non-hydrogen) atoms. The van der Waals surface area contributed by atoms with Crippen molar-refractivity contribution in [3.8, 4) is 0 Å².